The first-order valence-electron chi connectivity index (χ1n) is 8.85. The molecule has 0 fully saturated rings. The van der Waals surface area contributed by atoms with Gasteiger partial charge in [0.1, 0.15) is 11.1 Å². The molecule has 0 radical (unpaired) electrons. The van der Waals surface area contributed by atoms with Crippen molar-refractivity contribution in [1.29, 1.82) is 5.26 Å². The molecule has 2 N–H and O–H groups in total. The van der Waals surface area contributed by atoms with Crippen molar-refractivity contribution in [3.05, 3.63) is 28.2 Å². The lowest BCUT2D eigenvalue weighted by molar-refractivity contribution is -0.146. The molecule has 2 atom stereocenters. The molecule has 0 aliphatic heterocycles. The van der Waals surface area contributed by atoms with E-state index in [2.05, 4.69) is 11.4 Å². The number of carbonyl (C=O) groups excluding carboxylic acids is 1. The average molecular weight is 358 g/mol. The Kier molecular flexibility index (Phi) is 5.54. The zero-order valence-corrected chi connectivity index (χ0v) is 14.9. The van der Waals surface area contributed by atoms with Crippen LogP contribution in [0.1, 0.15) is 54.5 Å². The van der Waals surface area contributed by atoms with Crippen molar-refractivity contribution in [3.63, 3.8) is 0 Å². The van der Waals surface area contributed by atoms with E-state index in [9.17, 15) is 20.0 Å². The average Bonchev–Trinajstić information content (AvgIpc) is 2.90. The van der Waals surface area contributed by atoms with Gasteiger partial charge in [-0.05, 0) is 44.1 Å². The highest BCUT2D eigenvalue weighted by atomic mass is 32.1. The highest BCUT2D eigenvalue weighted by molar-refractivity contribution is 7.16. The largest absolute Gasteiger partial charge is 0.481 e. The van der Waals surface area contributed by atoms with Crippen LogP contribution in [-0.4, -0.2) is 17.0 Å². The smallest absolute Gasteiger partial charge is 0.307 e. The fourth-order valence-electron chi connectivity index (χ4n) is 3.71. The Bertz CT molecular complexity index is 745. The van der Waals surface area contributed by atoms with Crippen LogP contribution in [0.5, 0.6) is 0 Å². The Balaban J connectivity index is 1.83. The lowest BCUT2D eigenvalue weighted by atomic mass is 9.82. The molecule has 0 bridgehead atoms. The van der Waals surface area contributed by atoms with Gasteiger partial charge in [0.05, 0.1) is 17.4 Å². The van der Waals surface area contributed by atoms with Gasteiger partial charge in [0.2, 0.25) is 5.91 Å². The summed E-state index contributed by atoms with van der Waals surface area (Å²) in [6, 6.07) is 2.26. The van der Waals surface area contributed by atoms with Gasteiger partial charge in [0.25, 0.3) is 0 Å². The van der Waals surface area contributed by atoms with E-state index in [0.717, 1.165) is 31.2 Å². The number of rotatable bonds is 3. The first kappa shape index (κ1) is 17.7. The molecule has 1 aromatic heterocycles. The van der Waals surface area contributed by atoms with E-state index in [-0.39, 0.29) is 5.91 Å². The highest BCUT2D eigenvalue weighted by Gasteiger charge is 2.34. The predicted molar refractivity (Wildman–Crippen MR) is 96.5 cm³/mol. The molecule has 0 spiro atoms. The van der Waals surface area contributed by atoms with Crippen molar-refractivity contribution in [3.8, 4) is 6.07 Å². The van der Waals surface area contributed by atoms with Gasteiger partial charge in [0.15, 0.2) is 0 Å². The van der Waals surface area contributed by atoms with Crippen molar-refractivity contribution in [1.82, 2.24) is 0 Å². The van der Waals surface area contributed by atoms with Crippen molar-refractivity contribution < 1.29 is 14.7 Å². The monoisotopic (exact) mass is 358 g/mol. The van der Waals surface area contributed by atoms with E-state index < -0.39 is 17.8 Å². The molecule has 25 heavy (non-hydrogen) atoms. The van der Waals surface area contributed by atoms with Crippen LogP contribution in [0.4, 0.5) is 5.00 Å². The maximum Gasteiger partial charge on any atom is 0.307 e. The maximum absolute atomic E-state index is 12.7. The van der Waals surface area contributed by atoms with Gasteiger partial charge in [0, 0.05) is 4.88 Å². The molecule has 1 heterocycles. The number of aliphatic carboxylic acids is 1. The van der Waals surface area contributed by atoms with Gasteiger partial charge in [-0.15, -0.1) is 11.3 Å². The molecule has 0 saturated carbocycles. The SMILES string of the molecule is N#Cc1c(NC(=O)[C@H]2CC=CC[C@H]2C(=O)O)sc2c1CCCCCC2. The van der Waals surface area contributed by atoms with Crippen LogP contribution >= 0.6 is 11.3 Å². The number of carboxylic acid groups (broad SMARTS) is 1. The number of allylic oxidation sites excluding steroid dienone is 2. The Morgan fingerprint density at radius 3 is 2.48 bits per heavy atom. The fraction of sp³-hybridized carbons (Fsp3) is 0.526. The van der Waals surface area contributed by atoms with Crippen molar-refractivity contribution in [2.75, 3.05) is 5.32 Å². The normalized spacial score (nSPS) is 23.0. The standard InChI is InChI=1S/C19H22N2O3S/c20-11-15-12-7-3-1-2-4-10-16(12)25-18(15)21-17(22)13-8-5-6-9-14(13)19(23)24/h5-6,13-14H,1-4,7-10H2,(H,21,22)(H,23,24)/t13-,14+/m0/s1. The Morgan fingerprint density at radius 1 is 1.12 bits per heavy atom. The second-order valence-corrected chi connectivity index (χ2v) is 7.82. The Labute approximate surface area is 151 Å². The third-order valence-corrected chi connectivity index (χ3v) is 6.31. The third kappa shape index (κ3) is 3.77. The number of amides is 1. The number of aryl methyl sites for hydroxylation is 1. The molecule has 0 unspecified atom stereocenters. The van der Waals surface area contributed by atoms with Gasteiger partial charge >= 0.3 is 5.97 Å². The number of hydrogen-bond donors (Lipinski definition) is 2. The van der Waals surface area contributed by atoms with Crippen LogP contribution in [0.25, 0.3) is 0 Å². The second-order valence-electron chi connectivity index (χ2n) is 6.72. The number of carboxylic acids is 1. The number of anilines is 1. The van der Waals surface area contributed by atoms with Gasteiger partial charge < -0.3 is 10.4 Å². The van der Waals surface area contributed by atoms with Crippen molar-refractivity contribution >= 4 is 28.2 Å². The molecule has 6 heteroatoms. The van der Waals surface area contributed by atoms with Gasteiger partial charge in [-0.2, -0.15) is 5.26 Å². The minimum Gasteiger partial charge on any atom is -0.481 e. The molecule has 5 nitrogen and oxygen atoms in total. The van der Waals surface area contributed by atoms with Gasteiger partial charge in [-0.3, -0.25) is 9.59 Å². The lowest BCUT2D eigenvalue weighted by Crippen LogP contribution is -2.34. The third-order valence-electron chi connectivity index (χ3n) is 5.11. The number of thiophene rings is 1. The molecule has 132 valence electrons. The van der Waals surface area contributed by atoms with Gasteiger partial charge in [-0.1, -0.05) is 25.0 Å². The number of nitriles is 1. The van der Waals surface area contributed by atoms with E-state index in [1.165, 1.54) is 29.1 Å². The molecular formula is C19H22N2O3S. The second kappa shape index (κ2) is 7.83. The number of nitrogens with one attached hydrogen (secondary N) is 1. The van der Waals surface area contributed by atoms with Crippen LogP contribution < -0.4 is 5.32 Å². The molecule has 1 amide bonds. The summed E-state index contributed by atoms with van der Waals surface area (Å²) in [6.07, 6.45) is 10.9. The summed E-state index contributed by atoms with van der Waals surface area (Å²) < 4.78 is 0. The number of nitrogens with zero attached hydrogens (tertiary/aromatic N) is 1. The van der Waals surface area contributed by atoms with E-state index in [1.54, 1.807) is 0 Å². The van der Waals surface area contributed by atoms with E-state index in [0.29, 0.717) is 23.4 Å². The minimum absolute atomic E-state index is 0.289. The summed E-state index contributed by atoms with van der Waals surface area (Å²) in [5, 5.41) is 22.4. The quantitative estimate of drug-likeness (QED) is 0.802. The summed E-state index contributed by atoms with van der Waals surface area (Å²) >= 11 is 1.49. The summed E-state index contributed by atoms with van der Waals surface area (Å²) in [5.41, 5.74) is 1.66. The van der Waals surface area contributed by atoms with Crippen LogP contribution in [0.2, 0.25) is 0 Å². The van der Waals surface area contributed by atoms with E-state index in [4.69, 9.17) is 0 Å². The number of hydrogen-bond acceptors (Lipinski definition) is 4. The van der Waals surface area contributed by atoms with Crippen LogP contribution in [-0.2, 0) is 22.4 Å². The topological polar surface area (TPSA) is 90.2 Å². The first-order chi connectivity index (χ1) is 12.1. The summed E-state index contributed by atoms with van der Waals surface area (Å²) in [7, 11) is 0. The number of fused-ring (bicyclic) bond motifs is 1. The lowest BCUT2D eigenvalue weighted by Gasteiger charge is -2.23. The van der Waals surface area contributed by atoms with Crippen molar-refractivity contribution in [2.45, 2.75) is 51.4 Å². The molecule has 2 aliphatic rings. The van der Waals surface area contributed by atoms with Crippen LogP contribution in [0, 0.1) is 23.2 Å². The van der Waals surface area contributed by atoms with E-state index in [1.807, 2.05) is 12.2 Å². The molecule has 3 rings (SSSR count). The molecule has 0 saturated heterocycles. The molecule has 2 aliphatic carbocycles. The van der Waals surface area contributed by atoms with Crippen molar-refractivity contribution in [2.24, 2.45) is 11.8 Å². The van der Waals surface area contributed by atoms with Crippen LogP contribution in [0.3, 0.4) is 0 Å². The number of carbonyl (C=O) groups is 2. The first-order valence-corrected chi connectivity index (χ1v) is 9.66. The van der Waals surface area contributed by atoms with Crippen LogP contribution in [0.15, 0.2) is 12.2 Å². The summed E-state index contributed by atoms with van der Waals surface area (Å²) in [4.78, 5) is 25.3. The fourth-order valence-corrected chi connectivity index (χ4v) is 4.95. The summed E-state index contributed by atoms with van der Waals surface area (Å²) in [6.45, 7) is 0. The molecule has 0 aromatic carbocycles. The Morgan fingerprint density at radius 2 is 1.80 bits per heavy atom. The zero-order chi connectivity index (χ0) is 17.8. The van der Waals surface area contributed by atoms with E-state index >= 15 is 0 Å². The zero-order valence-electron chi connectivity index (χ0n) is 14.1. The summed E-state index contributed by atoms with van der Waals surface area (Å²) in [5.74, 6) is -2.51. The maximum atomic E-state index is 12.7. The predicted octanol–water partition coefficient (Wildman–Crippen LogP) is 3.88. The minimum atomic E-state index is -0.941. The van der Waals surface area contributed by atoms with Gasteiger partial charge in [-0.25, -0.2) is 0 Å². The molecular weight excluding hydrogens is 336 g/mol. The highest BCUT2D eigenvalue weighted by Crippen LogP contribution is 2.37. The Hall–Kier alpha value is -2.13. The molecule has 1 aromatic rings.